The van der Waals surface area contributed by atoms with Gasteiger partial charge in [0, 0.05) is 26.7 Å². The van der Waals surface area contributed by atoms with E-state index in [0.29, 0.717) is 18.3 Å². The fraction of sp³-hybridized carbons (Fsp3) is 0.786. The second-order valence-corrected chi connectivity index (χ2v) is 5.35. The van der Waals surface area contributed by atoms with Gasteiger partial charge in [0.2, 0.25) is 5.89 Å². The largest absolute Gasteiger partial charge is 0.379 e. The first-order valence-electron chi connectivity index (χ1n) is 7.55. The van der Waals surface area contributed by atoms with Gasteiger partial charge in [-0.15, -0.1) is 0 Å². The van der Waals surface area contributed by atoms with E-state index >= 15 is 0 Å². The number of likely N-dealkylation sites (N-methyl/N-ethyl adjacent to an activating group) is 1. The Balaban J connectivity index is 1.77. The molecular formula is C14H25N5O2. The van der Waals surface area contributed by atoms with Crippen LogP contribution in [0.4, 0.5) is 0 Å². The molecular weight excluding hydrogens is 270 g/mol. The number of nitrogens with zero attached hydrogens (tertiary/aromatic N) is 4. The van der Waals surface area contributed by atoms with Crippen LogP contribution in [-0.2, 0) is 11.3 Å². The molecule has 0 saturated heterocycles. The number of ether oxygens (including phenoxy) is 1. The van der Waals surface area contributed by atoms with Crippen LogP contribution < -0.4 is 5.32 Å². The number of nitrogens with one attached hydrogen (secondary N) is 1. The van der Waals surface area contributed by atoms with Crippen LogP contribution in [-0.4, -0.2) is 54.4 Å². The molecule has 0 amide bonds. The van der Waals surface area contributed by atoms with E-state index in [1.807, 2.05) is 14.0 Å². The van der Waals surface area contributed by atoms with Crippen molar-refractivity contribution >= 4 is 5.96 Å². The van der Waals surface area contributed by atoms with Crippen LogP contribution in [0.1, 0.15) is 31.5 Å². The number of hydrogen-bond acceptors (Lipinski definition) is 5. The Labute approximate surface area is 125 Å². The summed E-state index contributed by atoms with van der Waals surface area (Å²) in [6.07, 6.45) is 2.65. The van der Waals surface area contributed by atoms with Crippen LogP contribution in [0.2, 0.25) is 0 Å². The van der Waals surface area contributed by atoms with E-state index in [-0.39, 0.29) is 0 Å². The molecule has 1 aliphatic rings. The van der Waals surface area contributed by atoms with Gasteiger partial charge in [0.05, 0.1) is 6.61 Å². The standard InChI is InChI=1S/C14H25N5O2/c1-4-15-14(16-9-13-17-11(2)18-21-13)19(3)7-8-20-10-12-5-6-12/h12H,4-10H2,1-3H3,(H,15,16). The highest BCUT2D eigenvalue weighted by Crippen LogP contribution is 2.28. The van der Waals surface area contributed by atoms with Crippen molar-refractivity contribution < 1.29 is 9.26 Å². The van der Waals surface area contributed by atoms with Crippen molar-refractivity contribution in [3.63, 3.8) is 0 Å². The quantitative estimate of drug-likeness (QED) is 0.441. The number of guanidine groups is 1. The van der Waals surface area contributed by atoms with E-state index in [1.54, 1.807) is 6.92 Å². The monoisotopic (exact) mass is 295 g/mol. The Hall–Kier alpha value is -1.63. The highest BCUT2D eigenvalue weighted by Gasteiger charge is 2.21. The molecule has 118 valence electrons. The Morgan fingerprint density at radius 3 is 2.95 bits per heavy atom. The summed E-state index contributed by atoms with van der Waals surface area (Å²) in [5, 5.41) is 7.01. The van der Waals surface area contributed by atoms with Gasteiger partial charge in [-0.2, -0.15) is 4.98 Å². The van der Waals surface area contributed by atoms with Crippen molar-refractivity contribution in [2.24, 2.45) is 10.9 Å². The topological polar surface area (TPSA) is 75.8 Å². The van der Waals surface area contributed by atoms with Gasteiger partial charge in [-0.05, 0) is 32.6 Å². The maximum Gasteiger partial charge on any atom is 0.248 e. The van der Waals surface area contributed by atoms with E-state index in [9.17, 15) is 0 Å². The minimum Gasteiger partial charge on any atom is -0.379 e. The zero-order valence-electron chi connectivity index (χ0n) is 13.1. The molecule has 0 unspecified atom stereocenters. The van der Waals surface area contributed by atoms with Gasteiger partial charge in [-0.25, -0.2) is 4.99 Å². The molecule has 1 aromatic heterocycles. The normalized spacial score (nSPS) is 15.3. The number of aryl methyl sites for hydroxylation is 1. The van der Waals surface area contributed by atoms with Crippen LogP contribution >= 0.6 is 0 Å². The molecule has 1 heterocycles. The first-order chi connectivity index (χ1) is 10.2. The number of rotatable bonds is 8. The molecule has 2 rings (SSSR count). The maximum atomic E-state index is 5.66. The first kappa shape index (κ1) is 15.8. The van der Waals surface area contributed by atoms with E-state index in [2.05, 4.69) is 25.3 Å². The Morgan fingerprint density at radius 1 is 1.52 bits per heavy atom. The van der Waals surface area contributed by atoms with Crippen molar-refractivity contribution in [3.8, 4) is 0 Å². The predicted molar refractivity (Wildman–Crippen MR) is 80.0 cm³/mol. The fourth-order valence-corrected chi connectivity index (χ4v) is 1.86. The fourth-order valence-electron chi connectivity index (χ4n) is 1.86. The van der Waals surface area contributed by atoms with Gasteiger partial charge in [0.15, 0.2) is 11.8 Å². The summed E-state index contributed by atoms with van der Waals surface area (Å²) < 4.78 is 10.7. The molecule has 1 aliphatic carbocycles. The van der Waals surface area contributed by atoms with Gasteiger partial charge >= 0.3 is 0 Å². The summed E-state index contributed by atoms with van der Waals surface area (Å²) in [6.45, 7) is 7.46. The molecule has 0 atom stereocenters. The van der Waals surface area contributed by atoms with Crippen LogP contribution in [0.3, 0.4) is 0 Å². The second-order valence-electron chi connectivity index (χ2n) is 5.35. The van der Waals surface area contributed by atoms with E-state index < -0.39 is 0 Å². The minimum atomic E-state index is 0.385. The molecule has 0 spiro atoms. The lowest BCUT2D eigenvalue weighted by molar-refractivity contribution is 0.115. The van der Waals surface area contributed by atoms with Crippen LogP contribution in [0.15, 0.2) is 9.52 Å². The van der Waals surface area contributed by atoms with Gasteiger partial charge in [-0.3, -0.25) is 0 Å². The third-order valence-electron chi connectivity index (χ3n) is 3.25. The van der Waals surface area contributed by atoms with Crippen LogP contribution in [0.5, 0.6) is 0 Å². The highest BCUT2D eigenvalue weighted by atomic mass is 16.5. The third-order valence-corrected chi connectivity index (χ3v) is 3.25. The molecule has 0 bridgehead atoms. The molecule has 1 saturated carbocycles. The molecule has 1 N–H and O–H groups in total. The van der Waals surface area contributed by atoms with Crippen molar-refractivity contribution in [1.29, 1.82) is 0 Å². The van der Waals surface area contributed by atoms with Crippen molar-refractivity contribution in [3.05, 3.63) is 11.7 Å². The molecule has 21 heavy (non-hydrogen) atoms. The molecule has 1 fully saturated rings. The van der Waals surface area contributed by atoms with Crippen LogP contribution in [0, 0.1) is 12.8 Å². The average molecular weight is 295 g/mol. The van der Waals surface area contributed by atoms with E-state index in [0.717, 1.165) is 38.2 Å². The number of aromatic nitrogens is 2. The maximum absolute atomic E-state index is 5.66. The molecule has 1 aromatic rings. The summed E-state index contributed by atoms with van der Waals surface area (Å²) in [4.78, 5) is 10.7. The van der Waals surface area contributed by atoms with Gasteiger partial charge in [0.1, 0.15) is 6.54 Å². The number of hydrogen-bond donors (Lipinski definition) is 1. The smallest absolute Gasteiger partial charge is 0.248 e. The third kappa shape index (κ3) is 5.71. The first-order valence-corrected chi connectivity index (χ1v) is 7.55. The lowest BCUT2D eigenvalue weighted by atomic mass is 10.5. The zero-order valence-corrected chi connectivity index (χ0v) is 13.1. The van der Waals surface area contributed by atoms with Crippen molar-refractivity contribution in [1.82, 2.24) is 20.4 Å². The molecule has 7 heteroatoms. The summed E-state index contributed by atoms with van der Waals surface area (Å²) in [5.74, 6) is 2.79. The lowest BCUT2D eigenvalue weighted by Crippen LogP contribution is -2.40. The molecule has 0 radical (unpaired) electrons. The predicted octanol–water partition coefficient (Wildman–Crippen LogP) is 1.20. The van der Waals surface area contributed by atoms with E-state index in [1.165, 1.54) is 12.8 Å². The average Bonchev–Trinajstić information content (AvgIpc) is 3.20. The zero-order chi connectivity index (χ0) is 15.1. The summed E-state index contributed by atoms with van der Waals surface area (Å²) >= 11 is 0. The summed E-state index contributed by atoms with van der Waals surface area (Å²) in [6, 6.07) is 0. The van der Waals surface area contributed by atoms with E-state index in [4.69, 9.17) is 9.26 Å². The number of aliphatic imine (C=N–C) groups is 1. The second kappa shape index (κ2) is 7.97. The van der Waals surface area contributed by atoms with Gasteiger partial charge in [0.25, 0.3) is 0 Å². The molecule has 0 aliphatic heterocycles. The highest BCUT2D eigenvalue weighted by molar-refractivity contribution is 5.79. The van der Waals surface area contributed by atoms with Gasteiger partial charge < -0.3 is 19.5 Å². The Kier molecular flexibility index (Phi) is 5.98. The Bertz CT molecular complexity index is 456. The van der Waals surface area contributed by atoms with Crippen molar-refractivity contribution in [2.45, 2.75) is 33.2 Å². The van der Waals surface area contributed by atoms with Crippen molar-refractivity contribution in [2.75, 3.05) is 33.4 Å². The minimum absolute atomic E-state index is 0.385. The van der Waals surface area contributed by atoms with Gasteiger partial charge in [-0.1, -0.05) is 5.16 Å². The molecule has 0 aromatic carbocycles. The molecule has 7 nitrogen and oxygen atoms in total. The SMILES string of the molecule is CCNC(=NCc1nc(C)no1)N(C)CCOCC1CC1. The lowest BCUT2D eigenvalue weighted by Gasteiger charge is -2.21. The van der Waals surface area contributed by atoms with Crippen LogP contribution in [0.25, 0.3) is 0 Å². The Morgan fingerprint density at radius 2 is 2.33 bits per heavy atom. The summed E-state index contributed by atoms with van der Waals surface area (Å²) in [7, 11) is 2.00. The summed E-state index contributed by atoms with van der Waals surface area (Å²) in [5.41, 5.74) is 0.